The van der Waals surface area contributed by atoms with Crippen molar-refractivity contribution in [3.63, 3.8) is 0 Å². The lowest BCUT2D eigenvalue weighted by Gasteiger charge is -2.01. The number of nitrogens with one attached hydrogen (secondary N) is 1. The summed E-state index contributed by atoms with van der Waals surface area (Å²) < 4.78 is 0.757. The Balaban J connectivity index is 3.02. The Bertz CT molecular complexity index is 564. The molecule has 72 valence electrons. The minimum Gasteiger partial charge on any atom is -0.312 e. The van der Waals surface area contributed by atoms with Crippen molar-refractivity contribution in [1.29, 1.82) is 0 Å². The van der Waals surface area contributed by atoms with E-state index in [1.807, 2.05) is 0 Å². The van der Waals surface area contributed by atoms with Crippen molar-refractivity contribution in [3.05, 3.63) is 43.2 Å². The van der Waals surface area contributed by atoms with E-state index in [4.69, 9.17) is 23.2 Å². The Kier molecular flexibility index (Phi) is 2.56. The Labute approximate surface area is 98.0 Å². The largest absolute Gasteiger partial charge is 0.312 e. The van der Waals surface area contributed by atoms with Crippen molar-refractivity contribution in [2.45, 2.75) is 0 Å². The van der Waals surface area contributed by atoms with Crippen LogP contribution in [0.2, 0.25) is 10.2 Å². The van der Waals surface area contributed by atoms with Crippen LogP contribution < -0.4 is 5.56 Å². The number of aromatic amines is 1. The standard InChI is InChI=1S/C9H4BrCl2NO/c10-7-2-4(11)1-6-5(7)3-8(12)13-9(6)14/h1-3H,(H,13,14). The van der Waals surface area contributed by atoms with Crippen LogP contribution >= 0.6 is 39.1 Å². The van der Waals surface area contributed by atoms with Gasteiger partial charge in [0, 0.05) is 20.3 Å². The monoisotopic (exact) mass is 291 g/mol. The van der Waals surface area contributed by atoms with Crippen molar-refractivity contribution in [2.24, 2.45) is 0 Å². The summed E-state index contributed by atoms with van der Waals surface area (Å²) in [4.78, 5) is 14.0. The smallest absolute Gasteiger partial charge is 0.257 e. The van der Waals surface area contributed by atoms with Crippen molar-refractivity contribution < 1.29 is 0 Å². The second-order valence-electron chi connectivity index (χ2n) is 2.80. The Morgan fingerprint density at radius 1 is 1.14 bits per heavy atom. The van der Waals surface area contributed by atoms with Gasteiger partial charge in [0.15, 0.2) is 0 Å². The lowest BCUT2D eigenvalue weighted by molar-refractivity contribution is 1.28. The van der Waals surface area contributed by atoms with E-state index in [0.29, 0.717) is 15.6 Å². The third-order valence-corrected chi connectivity index (χ3v) is 2.92. The van der Waals surface area contributed by atoms with Crippen LogP contribution in [0.1, 0.15) is 0 Å². The molecule has 2 rings (SSSR count). The highest BCUT2D eigenvalue weighted by Crippen LogP contribution is 2.27. The molecule has 1 N–H and O–H groups in total. The van der Waals surface area contributed by atoms with Gasteiger partial charge in [-0.1, -0.05) is 39.1 Å². The SMILES string of the molecule is O=c1[nH]c(Cl)cc2c(Br)cc(Cl)cc12. The van der Waals surface area contributed by atoms with Crippen molar-refractivity contribution in [3.8, 4) is 0 Å². The zero-order valence-electron chi connectivity index (χ0n) is 6.77. The average molecular weight is 293 g/mol. The fraction of sp³-hybridized carbons (Fsp3) is 0. The maximum absolute atomic E-state index is 11.5. The first-order valence-electron chi connectivity index (χ1n) is 3.75. The van der Waals surface area contributed by atoms with Gasteiger partial charge in [-0.25, -0.2) is 0 Å². The molecule has 2 aromatic rings. The molecule has 14 heavy (non-hydrogen) atoms. The lowest BCUT2D eigenvalue weighted by atomic mass is 10.2. The van der Waals surface area contributed by atoms with Gasteiger partial charge in [-0.15, -0.1) is 0 Å². The fourth-order valence-corrected chi connectivity index (χ4v) is 2.38. The predicted octanol–water partition coefficient (Wildman–Crippen LogP) is 3.60. The van der Waals surface area contributed by atoms with Gasteiger partial charge in [-0.3, -0.25) is 4.79 Å². The number of halogens is 3. The first-order valence-corrected chi connectivity index (χ1v) is 5.30. The number of hydrogen-bond acceptors (Lipinski definition) is 1. The number of pyridine rings is 1. The quantitative estimate of drug-likeness (QED) is 0.740. The van der Waals surface area contributed by atoms with Gasteiger partial charge >= 0.3 is 0 Å². The molecule has 1 aromatic carbocycles. The third-order valence-electron chi connectivity index (χ3n) is 1.84. The molecule has 0 unspecified atom stereocenters. The zero-order chi connectivity index (χ0) is 10.3. The highest BCUT2D eigenvalue weighted by molar-refractivity contribution is 9.10. The second-order valence-corrected chi connectivity index (χ2v) is 4.49. The van der Waals surface area contributed by atoms with E-state index < -0.39 is 0 Å². The Morgan fingerprint density at radius 3 is 2.57 bits per heavy atom. The highest BCUT2D eigenvalue weighted by atomic mass is 79.9. The Morgan fingerprint density at radius 2 is 1.86 bits per heavy atom. The molecular weight excluding hydrogens is 289 g/mol. The molecule has 0 aliphatic carbocycles. The van der Waals surface area contributed by atoms with Gasteiger partial charge in [-0.2, -0.15) is 0 Å². The molecular formula is C9H4BrCl2NO. The summed E-state index contributed by atoms with van der Waals surface area (Å²) in [5.41, 5.74) is -0.240. The minimum atomic E-state index is -0.240. The van der Waals surface area contributed by atoms with Crippen LogP contribution in [0.15, 0.2) is 27.5 Å². The molecule has 1 heterocycles. The summed E-state index contributed by atoms with van der Waals surface area (Å²) >= 11 is 14.9. The first-order chi connectivity index (χ1) is 6.58. The molecule has 2 nitrogen and oxygen atoms in total. The van der Waals surface area contributed by atoms with E-state index in [2.05, 4.69) is 20.9 Å². The van der Waals surface area contributed by atoms with Crippen LogP contribution in [0.25, 0.3) is 10.8 Å². The van der Waals surface area contributed by atoms with E-state index in [0.717, 1.165) is 9.86 Å². The summed E-state index contributed by atoms with van der Waals surface area (Å²) in [6.45, 7) is 0. The second kappa shape index (κ2) is 3.57. The average Bonchev–Trinajstić information content (AvgIpc) is 2.07. The Hall–Kier alpha value is -0.510. The molecule has 0 amide bonds. The third kappa shape index (κ3) is 1.67. The summed E-state index contributed by atoms with van der Waals surface area (Å²) in [7, 11) is 0. The van der Waals surface area contributed by atoms with Crippen molar-refractivity contribution in [1.82, 2.24) is 4.98 Å². The van der Waals surface area contributed by atoms with Gasteiger partial charge in [0.25, 0.3) is 5.56 Å². The number of H-pyrrole nitrogens is 1. The van der Waals surface area contributed by atoms with Crippen LogP contribution in [0.4, 0.5) is 0 Å². The highest BCUT2D eigenvalue weighted by Gasteiger charge is 2.05. The van der Waals surface area contributed by atoms with E-state index in [1.165, 1.54) is 0 Å². The summed E-state index contributed by atoms with van der Waals surface area (Å²) in [5, 5.41) is 2.10. The van der Waals surface area contributed by atoms with Gasteiger partial charge in [0.1, 0.15) is 5.15 Å². The van der Waals surface area contributed by atoms with Gasteiger partial charge in [0.05, 0.1) is 0 Å². The first kappa shape index (κ1) is 10.0. The molecule has 0 spiro atoms. The fourth-order valence-electron chi connectivity index (χ4n) is 1.26. The van der Waals surface area contributed by atoms with Crippen molar-refractivity contribution in [2.75, 3.05) is 0 Å². The molecule has 0 aliphatic rings. The van der Waals surface area contributed by atoms with E-state index in [-0.39, 0.29) is 5.56 Å². The van der Waals surface area contributed by atoms with Crippen LogP contribution in [0.3, 0.4) is 0 Å². The molecule has 0 bridgehead atoms. The minimum absolute atomic E-state index is 0.240. The summed E-state index contributed by atoms with van der Waals surface area (Å²) in [5.74, 6) is 0. The maximum atomic E-state index is 11.5. The maximum Gasteiger partial charge on any atom is 0.257 e. The molecule has 0 aliphatic heterocycles. The predicted molar refractivity (Wildman–Crippen MR) is 62.3 cm³/mol. The molecule has 5 heteroatoms. The molecule has 0 saturated heterocycles. The van der Waals surface area contributed by atoms with Crippen molar-refractivity contribution >= 4 is 49.9 Å². The number of rotatable bonds is 0. The van der Waals surface area contributed by atoms with Crippen LogP contribution in [-0.4, -0.2) is 4.98 Å². The van der Waals surface area contributed by atoms with Gasteiger partial charge in [-0.05, 0) is 18.2 Å². The van der Waals surface area contributed by atoms with E-state index >= 15 is 0 Å². The summed E-state index contributed by atoms with van der Waals surface area (Å²) in [6.07, 6.45) is 0. The van der Waals surface area contributed by atoms with Crippen LogP contribution in [-0.2, 0) is 0 Å². The van der Waals surface area contributed by atoms with E-state index in [9.17, 15) is 4.79 Å². The van der Waals surface area contributed by atoms with E-state index in [1.54, 1.807) is 18.2 Å². The molecule has 0 radical (unpaired) electrons. The molecule has 0 fully saturated rings. The van der Waals surface area contributed by atoms with Gasteiger partial charge in [0.2, 0.25) is 0 Å². The topological polar surface area (TPSA) is 32.9 Å². The van der Waals surface area contributed by atoms with Crippen LogP contribution in [0, 0.1) is 0 Å². The molecule has 0 saturated carbocycles. The van der Waals surface area contributed by atoms with Crippen LogP contribution in [0.5, 0.6) is 0 Å². The number of hydrogen-bond donors (Lipinski definition) is 1. The number of benzene rings is 1. The number of fused-ring (bicyclic) bond motifs is 1. The zero-order valence-corrected chi connectivity index (χ0v) is 9.87. The normalized spacial score (nSPS) is 10.8. The number of aromatic nitrogens is 1. The van der Waals surface area contributed by atoms with Gasteiger partial charge < -0.3 is 4.98 Å². The molecule has 0 atom stereocenters. The lowest BCUT2D eigenvalue weighted by Crippen LogP contribution is -2.05. The summed E-state index contributed by atoms with van der Waals surface area (Å²) in [6, 6.07) is 5.01. The molecule has 1 aromatic heterocycles.